The zero-order valence-corrected chi connectivity index (χ0v) is 14.6. The number of benzene rings is 3. The number of fused-ring (bicyclic) bond motifs is 1. The second kappa shape index (κ2) is 7.06. The molecule has 4 aromatic rings. The summed E-state index contributed by atoms with van der Waals surface area (Å²) in [7, 11) is 0. The second-order valence-corrected chi connectivity index (χ2v) is 6.97. The van der Waals surface area contributed by atoms with E-state index in [1.165, 1.54) is 23.5 Å². The number of para-hydroxylation sites is 1. The zero-order valence-electron chi connectivity index (χ0n) is 13.8. The molecule has 0 saturated heterocycles. The summed E-state index contributed by atoms with van der Waals surface area (Å²) in [5.41, 5.74) is 3.54. The Morgan fingerprint density at radius 3 is 2.27 bits per heavy atom. The van der Waals surface area contributed by atoms with E-state index < -0.39 is 0 Å². The van der Waals surface area contributed by atoms with Crippen LogP contribution in [0.1, 0.15) is 21.5 Å². The van der Waals surface area contributed by atoms with Crippen LogP contribution in [-0.4, -0.2) is 10.9 Å². The Bertz CT molecular complexity index is 1020. The van der Waals surface area contributed by atoms with Crippen LogP contribution >= 0.6 is 11.3 Å². The molecule has 26 heavy (non-hydrogen) atoms. The Kier molecular flexibility index (Phi) is 4.46. The fourth-order valence-electron chi connectivity index (χ4n) is 2.71. The number of aromatic nitrogens is 1. The molecule has 3 nitrogen and oxygen atoms in total. The third kappa shape index (κ3) is 3.63. The molecule has 0 unspecified atom stereocenters. The Balaban J connectivity index is 1.45. The highest BCUT2D eigenvalue weighted by Crippen LogP contribution is 2.25. The molecule has 4 rings (SSSR count). The van der Waals surface area contributed by atoms with Gasteiger partial charge in [-0.15, -0.1) is 0 Å². The first-order valence-corrected chi connectivity index (χ1v) is 8.99. The lowest BCUT2D eigenvalue weighted by Crippen LogP contribution is -2.11. The van der Waals surface area contributed by atoms with Gasteiger partial charge in [0.25, 0.3) is 5.91 Å². The Morgan fingerprint density at radius 1 is 0.923 bits per heavy atom. The van der Waals surface area contributed by atoms with Crippen molar-refractivity contribution < 1.29 is 9.18 Å². The molecule has 0 bridgehead atoms. The van der Waals surface area contributed by atoms with E-state index in [1.54, 1.807) is 24.3 Å². The van der Waals surface area contributed by atoms with Crippen molar-refractivity contribution in [1.29, 1.82) is 0 Å². The van der Waals surface area contributed by atoms with Crippen LogP contribution in [0, 0.1) is 5.82 Å². The van der Waals surface area contributed by atoms with Crippen molar-refractivity contribution in [2.75, 3.05) is 5.32 Å². The first-order valence-electron chi connectivity index (χ1n) is 8.18. The number of hydrogen-bond donors (Lipinski definition) is 1. The number of carbonyl (C=O) groups is 1. The number of carbonyl (C=O) groups excluding carboxylic acids is 1. The van der Waals surface area contributed by atoms with Crippen LogP contribution in [0.25, 0.3) is 10.2 Å². The lowest BCUT2D eigenvalue weighted by atomic mass is 10.0. The molecule has 0 atom stereocenters. The number of thiazole rings is 1. The summed E-state index contributed by atoms with van der Waals surface area (Å²) in [4.78, 5) is 16.8. The molecule has 128 valence electrons. The normalized spacial score (nSPS) is 10.8. The van der Waals surface area contributed by atoms with E-state index in [0.717, 1.165) is 21.3 Å². The van der Waals surface area contributed by atoms with Gasteiger partial charge in [-0.3, -0.25) is 10.1 Å². The Morgan fingerprint density at radius 2 is 1.58 bits per heavy atom. The maximum Gasteiger partial charge on any atom is 0.257 e. The number of anilines is 1. The second-order valence-electron chi connectivity index (χ2n) is 5.94. The topological polar surface area (TPSA) is 42.0 Å². The highest BCUT2D eigenvalue weighted by atomic mass is 32.1. The van der Waals surface area contributed by atoms with Crippen molar-refractivity contribution in [1.82, 2.24) is 4.98 Å². The average Bonchev–Trinajstić information content (AvgIpc) is 3.06. The third-order valence-corrected chi connectivity index (χ3v) is 5.00. The average molecular weight is 362 g/mol. The zero-order chi connectivity index (χ0) is 17.9. The van der Waals surface area contributed by atoms with Gasteiger partial charge in [0.15, 0.2) is 5.13 Å². The molecule has 0 fully saturated rings. The molecule has 0 aliphatic heterocycles. The standard InChI is InChI=1S/C21H15FN2OS/c22-17-11-7-15(8-12-17)13-14-5-9-16(10-6-14)20(25)24-21-23-18-3-1-2-4-19(18)26-21/h1-12H,13H2,(H,23,24,25). The minimum absolute atomic E-state index is 0.183. The van der Waals surface area contributed by atoms with E-state index in [9.17, 15) is 9.18 Å². The molecular weight excluding hydrogens is 347 g/mol. The predicted molar refractivity (Wildman–Crippen MR) is 103 cm³/mol. The van der Waals surface area contributed by atoms with Gasteiger partial charge in [0.1, 0.15) is 5.82 Å². The molecule has 1 heterocycles. The van der Waals surface area contributed by atoms with Crippen LogP contribution in [0.2, 0.25) is 0 Å². The highest BCUT2D eigenvalue weighted by Gasteiger charge is 2.10. The van der Waals surface area contributed by atoms with E-state index in [0.29, 0.717) is 17.1 Å². The summed E-state index contributed by atoms with van der Waals surface area (Å²) in [5, 5.41) is 3.44. The van der Waals surface area contributed by atoms with Gasteiger partial charge in [0, 0.05) is 5.56 Å². The maximum atomic E-state index is 13.0. The molecule has 0 spiro atoms. The van der Waals surface area contributed by atoms with E-state index >= 15 is 0 Å². The fourth-order valence-corrected chi connectivity index (χ4v) is 3.57. The Labute approximate surface area is 154 Å². The molecule has 0 aliphatic rings. The summed E-state index contributed by atoms with van der Waals surface area (Å²) in [6, 6.07) is 21.6. The lowest BCUT2D eigenvalue weighted by molar-refractivity contribution is 0.102. The summed E-state index contributed by atoms with van der Waals surface area (Å²) in [6.45, 7) is 0. The molecule has 5 heteroatoms. The van der Waals surface area contributed by atoms with Crippen LogP contribution in [0.4, 0.5) is 9.52 Å². The quantitative estimate of drug-likeness (QED) is 0.537. The van der Waals surface area contributed by atoms with Gasteiger partial charge in [-0.25, -0.2) is 9.37 Å². The molecule has 1 aromatic heterocycles. The smallest absolute Gasteiger partial charge is 0.257 e. The number of rotatable bonds is 4. The van der Waals surface area contributed by atoms with Crippen LogP contribution < -0.4 is 5.32 Å². The van der Waals surface area contributed by atoms with Crippen molar-refractivity contribution >= 4 is 32.6 Å². The summed E-state index contributed by atoms with van der Waals surface area (Å²) in [5.74, 6) is -0.423. The molecule has 1 amide bonds. The van der Waals surface area contributed by atoms with Gasteiger partial charge in [-0.1, -0.05) is 47.7 Å². The maximum absolute atomic E-state index is 13.0. The molecule has 0 radical (unpaired) electrons. The first kappa shape index (κ1) is 16.4. The monoisotopic (exact) mass is 362 g/mol. The van der Waals surface area contributed by atoms with Crippen molar-refractivity contribution in [3.8, 4) is 0 Å². The van der Waals surface area contributed by atoms with Gasteiger partial charge in [-0.05, 0) is 53.9 Å². The first-order chi connectivity index (χ1) is 12.7. The van der Waals surface area contributed by atoms with Crippen LogP contribution in [-0.2, 0) is 6.42 Å². The van der Waals surface area contributed by atoms with Crippen molar-refractivity contribution in [2.45, 2.75) is 6.42 Å². The Hall–Kier alpha value is -3.05. The molecule has 0 saturated carbocycles. The summed E-state index contributed by atoms with van der Waals surface area (Å²) in [6.07, 6.45) is 0.694. The van der Waals surface area contributed by atoms with Gasteiger partial charge in [-0.2, -0.15) is 0 Å². The van der Waals surface area contributed by atoms with Gasteiger partial charge in [0.2, 0.25) is 0 Å². The van der Waals surface area contributed by atoms with Crippen LogP contribution in [0.3, 0.4) is 0 Å². The molecule has 3 aromatic carbocycles. The van der Waals surface area contributed by atoms with Crippen molar-refractivity contribution in [3.63, 3.8) is 0 Å². The largest absolute Gasteiger partial charge is 0.298 e. The van der Waals surface area contributed by atoms with Gasteiger partial charge < -0.3 is 0 Å². The molecular formula is C21H15FN2OS. The number of hydrogen-bond acceptors (Lipinski definition) is 3. The predicted octanol–water partition coefficient (Wildman–Crippen LogP) is 5.28. The van der Waals surface area contributed by atoms with E-state index in [2.05, 4.69) is 10.3 Å². The van der Waals surface area contributed by atoms with Gasteiger partial charge in [0.05, 0.1) is 10.2 Å². The molecule has 0 aliphatic carbocycles. The number of amides is 1. The van der Waals surface area contributed by atoms with Gasteiger partial charge >= 0.3 is 0 Å². The number of nitrogens with one attached hydrogen (secondary N) is 1. The van der Waals surface area contributed by atoms with E-state index in [4.69, 9.17) is 0 Å². The fraction of sp³-hybridized carbons (Fsp3) is 0.0476. The SMILES string of the molecule is O=C(Nc1nc2ccccc2s1)c1ccc(Cc2ccc(F)cc2)cc1. The third-order valence-electron chi connectivity index (χ3n) is 4.05. The van der Waals surface area contributed by atoms with E-state index in [1.807, 2.05) is 36.4 Å². The highest BCUT2D eigenvalue weighted by molar-refractivity contribution is 7.22. The lowest BCUT2D eigenvalue weighted by Gasteiger charge is -2.05. The number of nitrogens with zero attached hydrogens (tertiary/aromatic N) is 1. The number of halogens is 1. The molecule has 1 N–H and O–H groups in total. The summed E-state index contributed by atoms with van der Waals surface area (Å²) < 4.78 is 14.0. The van der Waals surface area contributed by atoms with E-state index in [-0.39, 0.29) is 11.7 Å². The van der Waals surface area contributed by atoms with Crippen LogP contribution in [0.5, 0.6) is 0 Å². The minimum atomic E-state index is -0.240. The summed E-state index contributed by atoms with van der Waals surface area (Å²) >= 11 is 1.45. The van der Waals surface area contributed by atoms with Crippen LogP contribution in [0.15, 0.2) is 72.8 Å². The minimum Gasteiger partial charge on any atom is -0.298 e. The van der Waals surface area contributed by atoms with Crippen molar-refractivity contribution in [2.24, 2.45) is 0 Å². The van der Waals surface area contributed by atoms with Crippen molar-refractivity contribution in [3.05, 3.63) is 95.3 Å².